The van der Waals surface area contributed by atoms with E-state index in [1.54, 1.807) is 6.20 Å². The van der Waals surface area contributed by atoms with Crippen LogP contribution in [0.5, 0.6) is 0 Å². The van der Waals surface area contributed by atoms with Gasteiger partial charge < -0.3 is 0 Å². The molecule has 1 aromatic heterocycles. The Morgan fingerprint density at radius 3 is 3.15 bits per heavy atom. The lowest BCUT2D eigenvalue weighted by molar-refractivity contribution is 1.25. The Kier molecular flexibility index (Phi) is 2.19. The van der Waals surface area contributed by atoms with Crippen molar-refractivity contribution in [2.75, 3.05) is 0 Å². The van der Waals surface area contributed by atoms with Crippen molar-refractivity contribution in [3.8, 4) is 0 Å². The van der Waals surface area contributed by atoms with Gasteiger partial charge in [0.15, 0.2) is 0 Å². The van der Waals surface area contributed by atoms with Gasteiger partial charge in [-0.05, 0) is 25.5 Å². The molecule has 0 saturated carbocycles. The summed E-state index contributed by atoms with van der Waals surface area (Å²) in [4.78, 5) is 4.25. The molecule has 0 saturated heterocycles. The van der Waals surface area contributed by atoms with Gasteiger partial charge in [0.1, 0.15) is 0 Å². The summed E-state index contributed by atoms with van der Waals surface area (Å²) in [6.45, 7) is 2.11. The fraction of sp³-hybridized carbons (Fsp3) is 0.182. The first-order valence-electron chi connectivity index (χ1n) is 4.25. The summed E-state index contributed by atoms with van der Waals surface area (Å²) >= 11 is 5.86. The van der Waals surface area contributed by atoms with Crippen molar-refractivity contribution in [3.05, 3.63) is 40.2 Å². The lowest BCUT2D eigenvalue weighted by Gasteiger charge is -1.99. The minimum absolute atomic E-state index is 0.693. The summed E-state index contributed by atoms with van der Waals surface area (Å²) in [5, 5.41) is 0.693. The van der Waals surface area contributed by atoms with Gasteiger partial charge in [0.2, 0.25) is 0 Å². The van der Waals surface area contributed by atoms with Gasteiger partial charge in [-0.2, -0.15) is 0 Å². The van der Waals surface area contributed by atoms with E-state index in [9.17, 15) is 0 Å². The highest BCUT2D eigenvalue weighted by Gasteiger charge is 2.03. The number of hydrogen-bond donors (Lipinski definition) is 0. The van der Waals surface area contributed by atoms with Crippen molar-refractivity contribution >= 4 is 23.8 Å². The first-order valence-corrected chi connectivity index (χ1v) is 4.63. The van der Waals surface area contributed by atoms with Gasteiger partial charge in [-0.25, -0.2) is 0 Å². The van der Waals surface area contributed by atoms with E-state index in [0.29, 0.717) is 5.02 Å². The molecule has 0 amide bonds. The predicted molar refractivity (Wildman–Crippen MR) is 56.5 cm³/mol. The number of pyridine rings is 1. The number of allylic oxidation sites excluding steroid dienone is 2. The van der Waals surface area contributed by atoms with Crippen LogP contribution in [0.25, 0.3) is 12.2 Å². The molecule has 1 nitrogen and oxygen atoms in total. The second-order valence-corrected chi connectivity index (χ2v) is 3.66. The van der Waals surface area contributed by atoms with Crippen LogP contribution in [-0.2, 0) is 0 Å². The monoisotopic (exact) mass is 191 g/mol. The molecule has 66 valence electrons. The SMILES string of the molecule is CC1=Cc2cc(Cl)cnc2C=CC1. The molecular weight excluding hydrogens is 182 g/mol. The molecule has 1 heterocycles. The highest BCUT2D eigenvalue weighted by molar-refractivity contribution is 6.30. The molecule has 0 unspecified atom stereocenters. The van der Waals surface area contributed by atoms with Crippen LogP contribution in [0, 0.1) is 0 Å². The third-order valence-corrected chi connectivity index (χ3v) is 2.24. The van der Waals surface area contributed by atoms with Crippen LogP contribution < -0.4 is 0 Å². The Hall–Kier alpha value is -1.08. The molecule has 0 bridgehead atoms. The molecule has 2 rings (SSSR count). The number of aromatic nitrogens is 1. The molecule has 13 heavy (non-hydrogen) atoms. The van der Waals surface area contributed by atoms with E-state index in [1.807, 2.05) is 12.1 Å². The normalized spacial score (nSPS) is 14.8. The Morgan fingerprint density at radius 2 is 2.31 bits per heavy atom. The van der Waals surface area contributed by atoms with Crippen LogP contribution in [0.2, 0.25) is 5.02 Å². The number of halogens is 1. The Bertz CT molecular complexity index is 391. The topological polar surface area (TPSA) is 12.9 Å². The highest BCUT2D eigenvalue weighted by Crippen LogP contribution is 2.21. The molecule has 1 aliphatic rings. The van der Waals surface area contributed by atoms with Crippen LogP contribution >= 0.6 is 11.6 Å². The summed E-state index contributed by atoms with van der Waals surface area (Å²) in [6.07, 6.45) is 8.97. The van der Waals surface area contributed by atoms with E-state index in [1.165, 1.54) is 5.57 Å². The largest absolute Gasteiger partial charge is 0.255 e. The van der Waals surface area contributed by atoms with Crippen molar-refractivity contribution in [3.63, 3.8) is 0 Å². The zero-order valence-electron chi connectivity index (χ0n) is 7.42. The van der Waals surface area contributed by atoms with Crippen molar-refractivity contribution < 1.29 is 0 Å². The van der Waals surface area contributed by atoms with Crippen molar-refractivity contribution in [2.45, 2.75) is 13.3 Å². The number of nitrogens with zero attached hydrogens (tertiary/aromatic N) is 1. The van der Waals surface area contributed by atoms with Gasteiger partial charge >= 0.3 is 0 Å². The van der Waals surface area contributed by atoms with Crippen LogP contribution in [0.1, 0.15) is 24.6 Å². The van der Waals surface area contributed by atoms with Crippen LogP contribution in [-0.4, -0.2) is 4.98 Å². The average Bonchev–Trinajstić information content (AvgIpc) is 2.25. The van der Waals surface area contributed by atoms with E-state index in [2.05, 4.69) is 24.1 Å². The quantitative estimate of drug-likeness (QED) is 0.611. The van der Waals surface area contributed by atoms with E-state index >= 15 is 0 Å². The van der Waals surface area contributed by atoms with Crippen LogP contribution in [0.4, 0.5) is 0 Å². The molecule has 0 atom stereocenters. The summed E-state index contributed by atoms with van der Waals surface area (Å²) in [5.74, 6) is 0. The van der Waals surface area contributed by atoms with Gasteiger partial charge in [0.05, 0.1) is 10.7 Å². The molecule has 0 radical (unpaired) electrons. The van der Waals surface area contributed by atoms with E-state index in [-0.39, 0.29) is 0 Å². The fourth-order valence-corrected chi connectivity index (χ4v) is 1.57. The second kappa shape index (κ2) is 3.35. The summed E-state index contributed by atoms with van der Waals surface area (Å²) < 4.78 is 0. The first-order chi connectivity index (χ1) is 6.25. The molecule has 0 aliphatic heterocycles. The molecule has 2 heteroatoms. The fourth-order valence-electron chi connectivity index (χ4n) is 1.40. The van der Waals surface area contributed by atoms with Gasteiger partial charge in [-0.15, -0.1) is 0 Å². The average molecular weight is 192 g/mol. The standard InChI is InChI=1S/C11H10ClN/c1-8-3-2-4-11-9(5-8)6-10(12)7-13-11/h2,4-7H,3H2,1H3. The van der Waals surface area contributed by atoms with E-state index < -0.39 is 0 Å². The summed E-state index contributed by atoms with van der Waals surface area (Å²) in [6, 6.07) is 1.95. The molecular formula is C11H10ClN. The lowest BCUT2D eigenvalue weighted by atomic mass is 10.1. The van der Waals surface area contributed by atoms with Crippen molar-refractivity contribution in [1.82, 2.24) is 4.98 Å². The molecule has 0 spiro atoms. The third kappa shape index (κ3) is 1.81. The minimum Gasteiger partial charge on any atom is -0.255 e. The van der Waals surface area contributed by atoms with E-state index in [0.717, 1.165) is 17.7 Å². The molecule has 0 aromatic carbocycles. The van der Waals surface area contributed by atoms with Crippen molar-refractivity contribution in [1.29, 1.82) is 0 Å². The van der Waals surface area contributed by atoms with Gasteiger partial charge in [-0.1, -0.05) is 29.3 Å². The van der Waals surface area contributed by atoms with Gasteiger partial charge in [-0.3, -0.25) is 4.98 Å². The van der Waals surface area contributed by atoms with E-state index in [4.69, 9.17) is 11.6 Å². The van der Waals surface area contributed by atoms with Crippen LogP contribution in [0.15, 0.2) is 23.9 Å². The molecule has 1 aromatic rings. The molecule has 0 N–H and O–H groups in total. The summed E-state index contributed by atoms with van der Waals surface area (Å²) in [7, 11) is 0. The van der Waals surface area contributed by atoms with Gasteiger partial charge in [0, 0.05) is 11.8 Å². The smallest absolute Gasteiger partial charge is 0.0700 e. The molecule has 1 aliphatic carbocycles. The lowest BCUT2D eigenvalue weighted by Crippen LogP contribution is -1.85. The number of rotatable bonds is 0. The maximum Gasteiger partial charge on any atom is 0.0700 e. The summed E-state index contributed by atoms with van der Waals surface area (Å²) in [5.41, 5.74) is 3.44. The Morgan fingerprint density at radius 1 is 1.46 bits per heavy atom. The Balaban J connectivity index is 2.59. The highest BCUT2D eigenvalue weighted by atomic mass is 35.5. The van der Waals surface area contributed by atoms with Crippen molar-refractivity contribution in [2.24, 2.45) is 0 Å². The number of fused-ring (bicyclic) bond motifs is 1. The van der Waals surface area contributed by atoms with Crippen LogP contribution in [0.3, 0.4) is 0 Å². The minimum atomic E-state index is 0.693. The zero-order valence-corrected chi connectivity index (χ0v) is 8.17. The first kappa shape index (κ1) is 8.52. The maximum atomic E-state index is 5.86. The Labute approximate surface area is 82.8 Å². The van der Waals surface area contributed by atoms with Gasteiger partial charge in [0.25, 0.3) is 0 Å². The second-order valence-electron chi connectivity index (χ2n) is 3.23. The number of hydrogen-bond acceptors (Lipinski definition) is 1. The zero-order chi connectivity index (χ0) is 9.26. The third-order valence-electron chi connectivity index (χ3n) is 2.03. The predicted octanol–water partition coefficient (Wildman–Crippen LogP) is 3.56. The maximum absolute atomic E-state index is 5.86. The molecule has 0 fully saturated rings.